The van der Waals surface area contributed by atoms with Crippen LogP contribution in [0.5, 0.6) is 0 Å². The van der Waals surface area contributed by atoms with Gasteiger partial charge in [0.2, 0.25) is 10.0 Å². The molecule has 1 saturated heterocycles. The quantitative estimate of drug-likeness (QED) is 0.656. The van der Waals surface area contributed by atoms with Crippen LogP contribution in [0.1, 0.15) is 48.9 Å². The summed E-state index contributed by atoms with van der Waals surface area (Å²) in [6, 6.07) is 5.42. The highest BCUT2D eigenvalue weighted by Gasteiger charge is 2.55. The maximum atomic E-state index is 15.0. The van der Waals surface area contributed by atoms with Crippen LogP contribution in [-0.4, -0.2) is 58.6 Å². The van der Waals surface area contributed by atoms with Gasteiger partial charge in [-0.25, -0.2) is 21.8 Å². The normalized spacial score (nSPS) is 25.8. The van der Waals surface area contributed by atoms with Crippen LogP contribution in [0, 0.1) is 5.82 Å². The van der Waals surface area contributed by atoms with Gasteiger partial charge in [-0.1, -0.05) is 6.07 Å². The Kier molecular flexibility index (Phi) is 5.85. The van der Waals surface area contributed by atoms with Gasteiger partial charge < -0.3 is 5.32 Å². The van der Waals surface area contributed by atoms with E-state index in [1.807, 2.05) is 0 Å². The second kappa shape index (κ2) is 8.17. The number of sulfonamides is 1. The molecule has 2 aliphatic rings. The Hall–Kier alpha value is -2.77. The Bertz CT molecular complexity index is 1280. The average molecular weight is 499 g/mol. The molecule has 1 aromatic heterocycles. The minimum atomic E-state index is -3.74. The first-order chi connectivity index (χ1) is 15.8. The predicted molar refractivity (Wildman–Crippen MR) is 118 cm³/mol. The van der Waals surface area contributed by atoms with Crippen molar-refractivity contribution in [1.82, 2.24) is 24.7 Å². The first kappa shape index (κ1) is 24.4. The zero-order valence-electron chi connectivity index (χ0n) is 19.0. The molecule has 2 aliphatic heterocycles. The SMILES string of the molecule is CN1C[C@@](C)(c2cc(CNC(=O)c3ccn(C(F)F)n3)ccc2F)NC2N=C2C(C)(C)S1(=O)=O. The Morgan fingerprint density at radius 3 is 2.65 bits per heavy atom. The highest BCUT2D eigenvalue weighted by molar-refractivity contribution is 7.91. The summed E-state index contributed by atoms with van der Waals surface area (Å²) in [7, 11) is -2.30. The minimum absolute atomic E-state index is 0.0178. The second-order valence-electron chi connectivity index (χ2n) is 9.12. The van der Waals surface area contributed by atoms with Crippen LogP contribution < -0.4 is 10.6 Å². The van der Waals surface area contributed by atoms with Crippen molar-refractivity contribution in [2.24, 2.45) is 4.99 Å². The molecule has 13 heteroatoms. The van der Waals surface area contributed by atoms with Gasteiger partial charge in [-0.15, -0.1) is 0 Å². The number of likely N-dealkylation sites (N-methyl/N-ethyl adjacent to an activating group) is 1. The van der Waals surface area contributed by atoms with Crippen molar-refractivity contribution in [3.8, 4) is 0 Å². The summed E-state index contributed by atoms with van der Waals surface area (Å²) < 4.78 is 66.9. The van der Waals surface area contributed by atoms with Crippen LogP contribution in [-0.2, 0) is 22.1 Å². The molecule has 0 aliphatic carbocycles. The van der Waals surface area contributed by atoms with Crippen LogP contribution in [0.2, 0.25) is 0 Å². The van der Waals surface area contributed by atoms with Crippen LogP contribution in [0.15, 0.2) is 35.5 Å². The van der Waals surface area contributed by atoms with E-state index in [1.54, 1.807) is 20.8 Å². The lowest BCUT2D eigenvalue weighted by Gasteiger charge is -2.40. The molecule has 4 rings (SSSR count). The van der Waals surface area contributed by atoms with Gasteiger partial charge in [0.25, 0.3) is 5.91 Å². The molecule has 9 nitrogen and oxygen atoms in total. The minimum Gasteiger partial charge on any atom is -0.347 e. The first-order valence-electron chi connectivity index (χ1n) is 10.5. The summed E-state index contributed by atoms with van der Waals surface area (Å²) >= 11 is 0. The average Bonchev–Trinajstić information content (AvgIpc) is 3.33. The molecule has 2 aromatic rings. The molecule has 3 heterocycles. The van der Waals surface area contributed by atoms with Crippen molar-refractivity contribution < 1.29 is 26.4 Å². The van der Waals surface area contributed by atoms with E-state index >= 15 is 0 Å². The van der Waals surface area contributed by atoms with E-state index in [0.717, 1.165) is 6.20 Å². The second-order valence-corrected chi connectivity index (χ2v) is 11.7. The zero-order valence-corrected chi connectivity index (χ0v) is 19.8. The summed E-state index contributed by atoms with van der Waals surface area (Å²) in [6.07, 6.45) is 0.479. The predicted octanol–water partition coefficient (Wildman–Crippen LogP) is 1.99. The Balaban J connectivity index is 1.56. The molecule has 1 fully saturated rings. The van der Waals surface area contributed by atoms with E-state index in [0.29, 0.717) is 16.0 Å². The number of carbonyl (C=O) groups is 1. The molecule has 1 unspecified atom stereocenters. The molecule has 2 atom stereocenters. The van der Waals surface area contributed by atoms with Crippen molar-refractivity contribution in [1.29, 1.82) is 0 Å². The molecule has 0 spiro atoms. The summed E-state index contributed by atoms with van der Waals surface area (Å²) in [5, 5.41) is 9.34. The fraction of sp³-hybridized carbons (Fsp3) is 0.476. The van der Waals surface area contributed by atoms with Crippen LogP contribution in [0.25, 0.3) is 0 Å². The number of aliphatic imine (C=N–C) groups is 1. The summed E-state index contributed by atoms with van der Waals surface area (Å²) in [5.41, 5.74) is -0.0641. The summed E-state index contributed by atoms with van der Waals surface area (Å²) in [5.74, 6) is -1.21. The molecular weight excluding hydrogens is 473 g/mol. The topological polar surface area (TPSA) is 109 Å². The van der Waals surface area contributed by atoms with Crippen LogP contribution >= 0.6 is 0 Å². The number of fused-ring (bicyclic) bond motifs is 1. The van der Waals surface area contributed by atoms with Crippen molar-refractivity contribution in [2.45, 2.75) is 50.3 Å². The molecule has 1 aromatic carbocycles. The third-order valence-corrected chi connectivity index (χ3v) is 8.69. The fourth-order valence-electron chi connectivity index (χ4n) is 4.20. The molecular formula is C21H25F3N6O3S. The van der Waals surface area contributed by atoms with E-state index < -0.39 is 44.7 Å². The van der Waals surface area contributed by atoms with E-state index in [2.05, 4.69) is 20.7 Å². The fourth-order valence-corrected chi connectivity index (χ4v) is 5.83. The number of rotatable bonds is 5. The number of carbonyl (C=O) groups excluding carboxylic acids is 1. The van der Waals surface area contributed by atoms with Gasteiger partial charge in [-0.2, -0.15) is 13.9 Å². The Morgan fingerprint density at radius 2 is 2.00 bits per heavy atom. The molecule has 34 heavy (non-hydrogen) atoms. The number of halogens is 3. The zero-order chi connectivity index (χ0) is 25.1. The molecule has 1 amide bonds. The van der Waals surface area contributed by atoms with Gasteiger partial charge >= 0.3 is 6.55 Å². The van der Waals surface area contributed by atoms with E-state index in [9.17, 15) is 26.4 Å². The van der Waals surface area contributed by atoms with Crippen molar-refractivity contribution in [2.75, 3.05) is 13.6 Å². The number of amides is 1. The number of aromatic nitrogens is 2. The van der Waals surface area contributed by atoms with Gasteiger partial charge in [-0.05, 0) is 44.5 Å². The Labute approximate surface area is 195 Å². The maximum Gasteiger partial charge on any atom is 0.333 e. The highest BCUT2D eigenvalue weighted by Crippen LogP contribution is 2.38. The summed E-state index contributed by atoms with van der Waals surface area (Å²) in [6.45, 7) is 1.96. The molecule has 0 saturated carbocycles. The number of alkyl halides is 2. The highest BCUT2D eigenvalue weighted by atomic mass is 32.2. The lowest BCUT2D eigenvalue weighted by Crippen LogP contribution is -2.59. The number of hydrogen-bond acceptors (Lipinski definition) is 6. The monoisotopic (exact) mass is 498 g/mol. The largest absolute Gasteiger partial charge is 0.347 e. The van der Waals surface area contributed by atoms with Crippen LogP contribution in [0.4, 0.5) is 13.2 Å². The van der Waals surface area contributed by atoms with Gasteiger partial charge in [0.15, 0.2) is 0 Å². The molecule has 184 valence electrons. The maximum absolute atomic E-state index is 15.0. The van der Waals surface area contributed by atoms with Gasteiger partial charge in [0, 0.05) is 31.9 Å². The third kappa shape index (κ3) is 4.12. The van der Waals surface area contributed by atoms with Crippen LogP contribution in [0.3, 0.4) is 0 Å². The number of nitrogens with zero attached hydrogens (tertiary/aromatic N) is 4. The van der Waals surface area contributed by atoms with E-state index in [4.69, 9.17) is 0 Å². The van der Waals surface area contributed by atoms with Gasteiger partial charge in [0.05, 0.1) is 11.3 Å². The van der Waals surface area contributed by atoms with Crippen molar-refractivity contribution in [3.05, 3.63) is 53.1 Å². The molecule has 0 bridgehead atoms. The number of benzene rings is 1. The molecule has 0 radical (unpaired) electrons. The standard InChI is InChI=1S/C21H25F3N6O3S/c1-20(2)16-17(26-16)27-21(3,11-29(4)34(20,32)33)13-9-12(5-6-14(13)22)10-25-18(31)15-7-8-30(28-15)19(23)24/h5-9,17,19,27H,10-11H2,1-4H3,(H,25,31)/t17?,21-/m0/s1. The summed E-state index contributed by atoms with van der Waals surface area (Å²) in [4.78, 5) is 16.6. The number of hydrogen-bond donors (Lipinski definition) is 2. The van der Waals surface area contributed by atoms with Crippen molar-refractivity contribution in [3.63, 3.8) is 0 Å². The first-order valence-corrected chi connectivity index (χ1v) is 11.9. The number of nitrogens with one attached hydrogen (secondary N) is 2. The smallest absolute Gasteiger partial charge is 0.333 e. The Morgan fingerprint density at radius 1 is 1.29 bits per heavy atom. The van der Waals surface area contributed by atoms with Crippen molar-refractivity contribution >= 4 is 21.6 Å². The van der Waals surface area contributed by atoms with Gasteiger partial charge in [0.1, 0.15) is 22.4 Å². The molecule has 2 N–H and O–H groups in total. The van der Waals surface area contributed by atoms with Gasteiger partial charge in [-0.3, -0.25) is 15.1 Å². The lowest BCUT2D eigenvalue weighted by molar-refractivity contribution is 0.0560. The lowest BCUT2D eigenvalue weighted by atomic mass is 9.89. The van der Waals surface area contributed by atoms with E-state index in [-0.39, 0.29) is 24.3 Å². The third-order valence-electron chi connectivity index (χ3n) is 6.24. The van der Waals surface area contributed by atoms with E-state index in [1.165, 1.54) is 35.6 Å².